The minimum Gasteiger partial charge on any atom is -0.334 e. The van der Waals surface area contributed by atoms with Crippen LogP contribution in [0.1, 0.15) is 0 Å². The molecule has 0 radical (unpaired) electrons. The van der Waals surface area contributed by atoms with Gasteiger partial charge in [0.15, 0.2) is 0 Å². The monoisotopic (exact) mass is 348 g/mol. The number of rotatable bonds is 2. The van der Waals surface area contributed by atoms with Gasteiger partial charge in [0.05, 0.1) is 0 Å². The average molecular weight is 348 g/mol. The molecular formula is C10H9IN2O2S. The fourth-order valence-corrected chi connectivity index (χ4v) is 2.43. The van der Waals surface area contributed by atoms with E-state index in [9.17, 15) is 9.59 Å². The average Bonchev–Trinajstić information content (AvgIpc) is 2.68. The first kappa shape index (κ1) is 11.7. The first-order valence-corrected chi connectivity index (χ1v) is 6.71. The Balaban J connectivity index is 1.97. The number of carbonyl (C=O) groups excluding carboxylic acids is 2. The second-order valence-corrected chi connectivity index (χ2v) is 5.53. The summed E-state index contributed by atoms with van der Waals surface area (Å²) >= 11 is 3.33. The zero-order valence-corrected chi connectivity index (χ0v) is 11.2. The molecule has 1 aromatic carbocycles. The van der Waals surface area contributed by atoms with E-state index in [0.717, 1.165) is 21.0 Å². The molecule has 1 fully saturated rings. The molecule has 0 saturated carbocycles. The van der Waals surface area contributed by atoms with Crippen LogP contribution >= 0.6 is 34.4 Å². The van der Waals surface area contributed by atoms with E-state index in [1.807, 2.05) is 24.3 Å². The predicted molar refractivity (Wildman–Crippen MR) is 72.6 cm³/mol. The Morgan fingerprint density at radius 3 is 2.69 bits per heavy atom. The largest absolute Gasteiger partial charge is 0.334 e. The van der Waals surface area contributed by atoms with Crippen LogP contribution in [0.15, 0.2) is 24.3 Å². The molecule has 1 aromatic rings. The summed E-state index contributed by atoms with van der Waals surface area (Å²) in [5, 5.41) is 5.22. The van der Waals surface area contributed by atoms with E-state index in [0.29, 0.717) is 5.75 Å². The van der Waals surface area contributed by atoms with Crippen molar-refractivity contribution >= 4 is 51.2 Å². The molecular weight excluding hydrogens is 339 g/mol. The molecule has 6 heteroatoms. The number of hydrogen-bond acceptors (Lipinski definition) is 3. The molecule has 84 valence electrons. The van der Waals surface area contributed by atoms with Gasteiger partial charge < -0.3 is 10.6 Å². The molecule has 1 unspecified atom stereocenters. The lowest BCUT2D eigenvalue weighted by molar-refractivity contribution is -0.117. The van der Waals surface area contributed by atoms with Crippen LogP contribution in [0.5, 0.6) is 0 Å². The maximum atomic E-state index is 11.7. The molecule has 0 bridgehead atoms. The maximum absolute atomic E-state index is 11.7. The van der Waals surface area contributed by atoms with Crippen molar-refractivity contribution in [1.82, 2.24) is 5.32 Å². The molecule has 0 aliphatic carbocycles. The van der Waals surface area contributed by atoms with Crippen LogP contribution in [0.25, 0.3) is 0 Å². The molecule has 16 heavy (non-hydrogen) atoms. The summed E-state index contributed by atoms with van der Waals surface area (Å²) in [5.41, 5.74) is 0.747. The summed E-state index contributed by atoms with van der Waals surface area (Å²) < 4.78 is 1.11. The zero-order chi connectivity index (χ0) is 11.5. The van der Waals surface area contributed by atoms with Crippen molar-refractivity contribution in [2.24, 2.45) is 0 Å². The van der Waals surface area contributed by atoms with Crippen LogP contribution in [-0.2, 0) is 4.79 Å². The van der Waals surface area contributed by atoms with Crippen molar-refractivity contribution in [3.05, 3.63) is 27.8 Å². The van der Waals surface area contributed by atoms with Crippen LogP contribution in [0.2, 0.25) is 0 Å². The molecule has 1 saturated heterocycles. The number of hydrogen-bond donors (Lipinski definition) is 2. The van der Waals surface area contributed by atoms with Gasteiger partial charge >= 0.3 is 0 Å². The van der Waals surface area contributed by atoms with Gasteiger partial charge in [-0.1, -0.05) is 11.8 Å². The predicted octanol–water partition coefficient (Wildman–Crippen LogP) is 2.05. The minimum atomic E-state index is -0.420. The molecule has 4 nitrogen and oxygen atoms in total. The lowest BCUT2D eigenvalue weighted by Crippen LogP contribution is -2.38. The van der Waals surface area contributed by atoms with Gasteiger partial charge in [0.25, 0.3) is 5.24 Å². The molecule has 1 aliphatic heterocycles. The third-order valence-corrected chi connectivity index (χ3v) is 3.70. The van der Waals surface area contributed by atoms with Gasteiger partial charge in [-0.05, 0) is 46.9 Å². The van der Waals surface area contributed by atoms with Crippen molar-refractivity contribution in [1.29, 1.82) is 0 Å². The van der Waals surface area contributed by atoms with Gasteiger partial charge in [-0.3, -0.25) is 9.59 Å². The molecule has 2 amide bonds. The van der Waals surface area contributed by atoms with Crippen molar-refractivity contribution in [2.75, 3.05) is 11.1 Å². The quantitative estimate of drug-likeness (QED) is 0.805. The lowest BCUT2D eigenvalue weighted by Gasteiger charge is -2.10. The molecule has 2 N–H and O–H groups in total. The number of benzene rings is 1. The van der Waals surface area contributed by atoms with E-state index in [2.05, 4.69) is 33.2 Å². The summed E-state index contributed by atoms with van der Waals surface area (Å²) in [7, 11) is 0. The standard InChI is InChI=1S/C10H9IN2O2S/c11-6-1-3-7(4-2-6)12-9(14)8-5-16-10(15)13-8/h1-4,8H,5H2,(H,12,14)(H,13,15). The zero-order valence-electron chi connectivity index (χ0n) is 8.20. The topological polar surface area (TPSA) is 58.2 Å². The summed E-state index contributed by atoms with van der Waals surface area (Å²) in [6.45, 7) is 0. The van der Waals surface area contributed by atoms with Gasteiger partial charge in [-0.25, -0.2) is 0 Å². The smallest absolute Gasteiger partial charge is 0.279 e. The third-order valence-electron chi connectivity index (χ3n) is 2.10. The molecule has 1 heterocycles. The van der Waals surface area contributed by atoms with Crippen LogP contribution in [0.4, 0.5) is 10.5 Å². The van der Waals surface area contributed by atoms with E-state index >= 15 is 0 Å². The van der Waals surface area contributed by atoms with Gasteiger partial charge in [0.2, 0.25) is 5.91 Å². The third kappa shape index (κ3) is 2.88. The molecule has 0 aromatic heterocycles. The lowest BCUT2D eigenvalue weighted by atomic mass is 10.3. The summed E-state index contributed by atoms with van der Waals surface area (Å²) in [6, 6.07) is 7.08. The highest BCUT2D eigenvalue weighted by molar-refractivity contribution is 14.1. The Morgan fingerprint density at radius 1 is 1.44 bits per heavy atom. The molecule has 2 rings (SSSR count). The van der Waals surface area contributed by atoms with E-state index in [1.54, 1.807) is 0 Å². The highest BCUT2D eigenvalue weighted by Gasteiger charge is 2.27. The highest BCUT2D eigenvalue weighted by atomic mass is 127. The summed E-state index contributed by atoms with van der Waals surface area (Å²) in [6.07, 6.45) is 0. The summed E-state index contributed by atoms with van der Waals surface area (Å²) in [5.74, 6) is 0.328. The fourth-order valence-electron chi connectivity index (χ4n) is 1.29. The van der Waals surface area contributed by atoms with Gasteiger partial charge in [0, 0.05) is 15.0 Å². The molecule has 0 spiro atoms. The van der Waals surface area contributed by atoms with E-state index in [4.69, 9.17) is 0 Å². The van der Waals surface area contributed by atoms with E-state index in [1.165, 1.54) is 0 Å². The molecule has 1 atom stereocenters. The highest BCUT2D eigenvalue weighted by Crippen LogP contribution is 2.16. The van der Waals surface area contributed by atoms with Crippen molar-refractivity contribution in [2.45, 2.75) is 6.04 Å². The Labute approximate surface area is 111 Å². The Kier molecular flexibility index (Phi) is 3.70. The van der Waals surface area contributed by atoms with E-state index < -0.39 is 6.04 Å². The van der Waals surface area contributed by atoms with Crippen LogP contribution in [-0.4, -0.2) is 22.9 Å². The normalized spacial score (nSPS) is 19.3. The number of nitrogens with one attached hydrogen (secondary N) is 2. The number of anilines is 1. The van der Waals surface area contributed by atoms with Crippen LogP contribution in [0, 0.1) is 3.57 Å². The van der Waals surface area contributed by atoms with Crippen molar-refractivity contribution in [3.63, 3.8) is 0 Å². The maximum Gasteiger partial charge on any atom is 0.279 e. The van der Waals surface area contributed by atoms with Crippen LogP contribution in [0.3, 0.4) is 0 Å². The number of thioether (sulfide) groups is 1. The van der Waals surface area contributed by atoms with Crippen molar-refractivity contribution in [3.8, 4) is 0 Å². The second-order valence-electron chi connectivity index (χ2n) is 3.29. The Bertz CT molecular complexity index is 421. The minimum absolute atomic E-state index is 0.136. The number of carbonyl (C=O) groups is 2. The SMILES string of the molecule is O=C1NC(C(=O)Nc2ccc(I)cc2)CS1. The van der Waals surface area contributed by atoms with Crippen LogP contribution < -0.4 is 10.6 Å². The first-order chi connectivity index (χ1) is 7.65. The fraction of sp³-hybridized carbons (Fsp3) is 0.200. The Morgan fingerprint density at radius 2 is 2.12 bits per heavy atom. The van der Waals surface area contributed by atoms with Gasteiger partial charge in [0.1, 0.15) is 6.04 Å². The second kappa shape index (κ2) is 5.05. The van der Waals surface area contributed by atoms with Crippen molar-refractivity contribution < 1.29 is 9.59 Å². The molecule has 1 aliphatic rings. The summed E-state index contributed by atoms with van der Waals surface area (Å²) in [4.78, 5) is 22.6. The van der Waals surface area contributed by atoms with E-state index in [-0.39, 0.29) is 11.1 Å². The number of halogens is 1. The first-order valence-electron chi connectivity index (χ1n) is 4.65. The van der Waals surface area contributed by atoms with Gasteiger partial charge in [-0.2, -0.15) is 0 Å². The van der Waals surface area contributed by atoms with Gasteiger partial charge in [-0.15, -0.1) is 0 Å². The Hall–Kier alpha value is -0.760. The number of amides is 2.